The zero-order valence-electron chi connectivity index (χ0n) is 13.5. The number of nitrogens with zero attached hydrogens (tertiary/aromatic N) is 3. The standard InChI is InChI=1S/C17H20N4O2/c1-12(2)8-9-22-15-6-4-14(5-7-15)11-19-21-17-16(10-18)20-13(3)23-17/h4-7,11-12,21H,8-9H2,1-3H3. The fourth-order valence-corrected chi connectivity index (χ4v) is 1.81. The molecule has 0 saturated heterocycles. The van der Waals surface area contributed by atoms with Gasteiger partial charge in [0.25, 0.3) is 5.88 Å². The summed E-state index contributed by atoms with van der Waals surface area (Å²) in [7, 11) is 0. The van der Waals surface area contributed by atoms with E-state index in [9.17, 15) is 0 Å². The van der Waals surface area contributed by atoms with Crippen LogP contribution in [-0.2, 0) is 0 Å². The summed E-state index contributed by atoms with van der Waals surface area (Å²) in [6.45, 7) is 6.73. The fourth-order valence-electron chi connectivity index (χ4n) is 1.81. The van der Waals surface area contributed by atoms with E-state index >= 15 is 0 Å². The van der Waals surface area contributed by atoms with Gasteiger partial charge in [-0.15, -0.1) is 0 Å². The number of oxazole rings is 1. The molecule has 0 spiro atoms. The molecule has 1 heterocycles. The van der Waals surface area contributed by atoms with Crippen molar-refractivity contribution in [3.05, 3.63) is 41.4 Å². The highest BCUT2D eigenvalue weighted by Crippen LogP contribution is 2.16. The molecule has 0 bridgehead atoms. The van der Waals surface area contributed by atoms with Gasteiger partial charge in [-0.05, 0) is 42.2 Å². The van der Waals surface area contributed by atoms with Crippen molar-refractivity contribution in [3.8, 4) is 11.8 Å². The first-order valence-corrected chi connectivity index (χ1v) is 7.48. The number of hydrogen-bond acceptors (Lipinski definition) is 6. The molecule has 6 heteroatoms. The number of hydrogen-bond donors (Lipinski definition) is 1. The molecular weight excluding hydrogens is 292 g/mol. The Morgan fingerprint density at radius 2 is 2.13 bits per heavy atom. The van der Waals surface area contributed by atoms with Crippen LogP contribution in [0.1, 0.15) is 37.4 Å². The smallest absolute Gasteiger partial charge is 0.252 e. The molecule has 0 radical (unpaired) electrons. The third-order valence-corrected chi connectivity index (χ3v) is 3.06. The van der Waals surface area contributed by atoms with Crippen LogP contribution < -0.4 is 10.2 Å². The van der Waals surface area contributed by atoms with Crippen LogP contribution in [0.5, 0.6) is 5.75 Å². The van der Waals surface area contributed by atoms with Crippen molar-refractivity contribution in [2.24, 2.45) is 11.0 Å². The van der Waals surface area contributed by atoms with E-state index in [-0.39, 0.29) is 11.6 Å². The van der Waals surface area contributed by atoms with Gasteiger partial charge in [0.15, 0.2) is 5.89 Å². The Balaban J connectivity index is 1.89. The summed E-state index contributed by atoms with van der Waals surface area (Å²) < 4.78 is 10.9. The Bertz CT molecular complexity index is 696. The van der Waals surface area contributed by atoms with Crippen LogP contribution in [0.2, 0.25) is 0 Å². The molecule has 0 aliphatic rings. The second kappa shape index (κ2) is 7.99. The molecular formula is C17H20N4O2. The lowest BCUT2D eigenvalue weighted by Crippen LogP contribution is -2.01. The van der Waals surface area contributed by atoms with Gasteiger partial charge in [0.2, 0.25) is 5.69 Å². The minimum atomic E-state index is 0.188. The van der Waals surface area contributed by atoms with Crippen LogP contribution in [0, 0.1) is 24.2 Å². The minimum Gasteiger partial charge on any atom is -0.494 e. The van der Waals surface area contributed by atoms with Gasteiger partial charge >= 0.3 is 0 Å². The average Bonchev–Trinajstić information content (AvgIpc) is 2.88. The molecule has 120 valence electrons. The van der Waals surface area contributed by atoms with Crippen LogP contribution in [0.15, 0.2) is 33.8 Å². The zero-order valence-corrected chi connectivity index (χ0v) is 13.5. The Hall–Kier alpha value is -2.81. The summed E-state index contributed by atoms with van der Waals surface area (Å²) >= 11 is 0. The molecule has 2 rings (SSSR count). The van der Waals surface area contributed by atoms with E-state index in [4.69, 9.17) is 14.4 Å². The molecule has 1 N–H and O–H groups in total. The monoisotopic (exact) mass is 312 g/mol. The van der Waals surface area contributed by atoms with Crippen molar-refractivity contribution >= 4 is 12.1 Å². The van der Waals surface area contributed by atoms with Gasteiger partial charge in [0, 0.05) is 6.92 Å². The number of ether oxygens (including phenoxy) is 1. The van der Waals surface area contributed by atoms with Crippen LogP contribution in [0.3, 0.4) is 0 Å². The van der Waals surface area contributed by atoms with E-state index in [0.29, 0.717) is 18.4 Å². The van der Waals surface area contributed by atoms with Crippen molar-refractivity contribution in [1.29, 1.82) is 5.26 Å². The van der Waals surface area contributed by atoms with E-state index in [1.54, 1.807) is 13.1 Å². The number of aromatic nitrogens is 1. The lowest BCUT2D eigenvalue weighted by atomic mass is 10.1. The Labute approximate surface area is 135 Å². The molecule has 1 aromatic heterocycles. The number of aryl methyl sites for hydroxylation is 1. The number of hydrazone groups is 1. The second-order valence-electron chi connectivity index (χ2n) is 5.49. The summed E-state index contributed by atoms with van der Waals surface area (Å²) in [6.07, 6.45) is 2.67. The van der Waals surface area contributed by atoms with Crippen molar-refractivity contribution in [2.45, 2.75) is 27.2 Å². The van der Waals surface area contributed by atoms with E-state index in [1.165, 1.54) is 0 Å². The van der Waals surface area contributed by atoms with Crippen molar-refractivity contribution in [2.75, 3.05) is 12.0 Å². The first-order valence-electron chi connectivity index (χ1n) is 7.48. The van der Waals surface area contributed by atoms with Gasteiger partial charge < -0.3 is 9.15 Å². The number of nitrogens with one attached hydrogen (secondary N) is 1. The summed E-state index contributed by atoms with van der Waals surface area (Å²) in [4.78, 5) is 3.93. The quantitative estimate of drug-likeness (QED) is 0.622. The summed E-state index contributed by atoms with van der Waals surface area (Å²) in [5.41, 5.74) is 3.78. The third-order valence-electron chi connectivity index (χ3n) is 3.06. The lowest BCUT2D eigenvalue weighted by molar-refractivity contribution is 0.289. The molecule has 0 aliphatic heterocycles. The lowest BCUT2D eigenvalue weighted by Gasteiger charge is -2.07. The maximum absolute atomic E-state index is 8.91. The van der Waals surface area contributed by atoms with Crippen LogP contribution in [-0.4, -0.2) is 17.8 Å². The molecule has 0 atom stereocenters. The molecule has 1 aromatic carbocycles. The number of nitriles is 1. The van der Waals surface area contributed by atoms with Gasteiger partial charge in [-0.2, -0.15) is 10.4 Å². The first-order chi connectivity index (χ1) is 11.1. The Morgan fingerprint density at radius 1 is 1.39 bits per heavy atom. The predicted octanol–water partition coefficient (Wildman–Crippen LogP) is 3.73. The van der Waals surface area contributed by atoms with Gasteiger partial charge in [-0.25, -0.2) is 10.4 Å². The third kappa shape index (κ3) is 5.15. The summed E-state index contributed by atoms with van der Waals surface area (Å²) in [5, 5.41) is 13.0. The van der Waals surface area contributed by atoms with E-state index in [2.05, 4.69) is 29.4 Å². The second-order valence-corrected chi connectivity index (χ2v) is 5.49. The topological polar surface area (TPSA) is 83.4 Å². The molecule has 2 aromatic rings. The summed E-state index contributed by atoms with van der Waals surface area (Å²) in [6, 6.07) is 9.57. The largest absolute Gasteiger partial charge is 0.494 e. The van der Waals surface area contributed by atoms with E-state index in [1.807, 2.05) is 30.3 Å². The van der Waals surface area contributed by atoms with Crippen LogP contribution in [0.25, 0.3) is 0 Å². The van der Waals surface area contributed by atoms with E-state index in [0.717, 1.165) is 17.7 Å². The van der Waals surface area contributed by atoms with Gasteiger partial charge in [-0.1, -0.05) is 13.8 Å². The number of anilines is 1. The molecule has 6 nitrogen and oxygen atoms in total. The highest BCUT2D eigenvalue weighted by atomic mass is 16.5. The zero-order chi connectivity index (χ0) is 16.7. The molecule has 0 amide bonds. The highest BCUT2D eigenvalue weighted by Gasteiger charge is 2.08. The maximum Gasteiger partial charge on any atom is 0.252 e. The molecule has 0 aliphatic carbocycles. The average molecular weight is 312 g/mol. The first kappa shape index (κ1) is 16.6. The predicted molar refractivity (Wildman–Crippen MR) is 88.6 cm³/mol. The van der Waals surface area contributed by atoms with Gasteiger partial charge in [0.1, 0.15) is 11.8 Å². The van der Waals surface area contributed by atoms with Gasteiger partial charge in [-0.3, -0.25) is 0 Å². The van der Waals surface area contributed by atoms with Crippen molar-refractivity contribution < 1.29 is 9.15 Å². The van der Waals surface area contributed by atoms with E-state index < -0.39 is 0 Å². The van der Waals surface area contributed by atoms with Gasteiger partial charge in [0.05, 0.1) is 12.8 Å². The maximum atomic E-state index is 8.91. The summed E-state index contributed by atoms with van der Waals surface area (Å²) in [5.74, 6) is 2.14. The van der Waals surface area contributed by atoms with Crippen LogP contribution >= 0.6 is 0 Å². The van der Waals surface area contributed by atoms with Crippen molar-refractivity contribution in [3.63, 3.8) is 0 Å². The normalized spacial score (nSPS) is 10.9. The Kier molecular flexibility index (Phi) is 5.75. The number of rotatable bonds is 7. The molecule has 0 saturated carbocycles. The SMILES string of the molecule is Cc1nc(C#N)c(NN=Cc2ccc(OCCC(C)C)cc2)o1. The van der Waals surface area contributed by atoms with Crippen molar-refractivity contribution in [1.82, 2.24) is 4.98 Å². The molecule has 23 heavy (non-hydrogen) atoms. The molecule has 0 unspecified atom stereocenters. The minimum absolute atomic E-state index is 0.188. The number of benzene rings is 1. The fraction of sp³-hybridized carbons (Fsp3) is 0.353. The highest BCUT2D eigenvalue weighted by molar-refractivity contribution is 5.80. The Morgan fingerprint density at radius 3 is 2.78 bits per heavy atom. The molecule has 0 fully saturated rings. The van der Waals surface area contributed by atoms with Crippen LogP contribution in [0.4, 0.5) is 5.88 Å².